The molecule has 0 aliphatic carbocycles. The number of aromatic nitrogens is 1. The fraction of sp³-hybridized carbons (Fsp3) is 0.214. The smallest absolute Gasteiger partial charge is 0.0998 e. The number of benzene rings is 1. The van der Waals surface area contributed by atoms with Crippen LogP contribution in [0.15, 0.2) is 30.5 Å². The Kier molecular flexibility index (Phi) is 3.45. The molecule has 2 rings (SSSR count). The zero-order valence-electron chi connectivity index (χ0n) is 9.48. The second kappa shape index (κ2) is 5.21. The maximum atomic E-state index is 9.00. The normalized spacial score (nSPS) is 10.0. The Balaban J connectivity index is 2.20. The van der Waals surface area contributed by atoms with Crippen molar-refractivity contribution >= 4 is 10.9 Å². The Hall–Kier alpha value is -2.23. The van der Waals surface area contributed by atoms with Crippen LogP contribution in [0.2, 0.25) is 0 Å². The van der Waals surface area contributed by atoms with Gasteiger partial charge >= 0.3 is 0 Å². The molecule has 0 spiro atoms. The van der Waals surface area contributed by atoms with Crippen LogP contribution in [0.4, 0.5) is 0 Å². The molecule has 0 saturated carbocycles. The molecule has 0 unspecified atom stereocenters. The molecule has 1 aromatic carbocycles. The molecule has 3 nitrogen and oxygen atoms in total. The molecule has 1 N–H and O–H groups in total. The van der Waals surface area contributed by atoms with Crippen LogP contribution < -0.4 is 5.32 Å². The summed E-state index contributed by atoms with van der Waals surface area (Å²) in [6.07, 6.45) is 7.16. The summed E-state index contributed by atoms with van der Waals surface area (Å²) >= 11 is 0. The van der Waals surface area contributed by atoms with Crippen LogP contribution in [-0.4, -0.2) is 17.7 Å². The van der Waals surface area contributed by atoms with E-state index >= 15 is 0 Å². The monoisotopic (exact) mass is 223 g/mol. The molecule has 1 aromatic heterocycles. The molecule has 2 aromatic rings. The second-order valence-electron chi connectivity index (χ2n) is 3.74. The fourth-order valence-electron chi connectivity index (χ4n) is 1.88. The molecule has 0 aliphatic heterocycles. The molecule has 3 heteroatoms. The summed E-state index contributed by atoms with van der Waals surface area (Å²) in [6, 6.07) is 9.96. The highest BCUT2D eigenvalue weighted by Crippen LogP contribution is 2.19. The Labute approximate surface area is 101 Å². The molecule has 0 bridgehead atoms. The Morgan fingerprint density at radius 2 is 2.24 bits per heavy atom. The molecular weight excluding hydrogens is 210 g/mol. The van der Waals surface area contributed by atoms with E-state index in [1.54, 1.807) is 0 Å². The lowest BCUT2D eigenvalue weighted by atomic mass is 10.1. The van der Waals surface area contributed by atoms with Crippen molar-refractivity contribution in [1.82, 2.24) is 9.88 Å². The number of nitrogens with one attached hydrogen (secondary N) is 1. The maximum absolute atomic E-state index is 9.00. The molecule has 17 heavy (non-hydrogen) atoms. The Morgan fingerprint density at radius 3 is 3.00 bits per heavy atom. The van der Waals surface area contributed by atoms with Crippen LogP contribution in [0.3, 0.4) is 0 Å². The van der Waals surface area contributed by atoms with Crippen LogP contribution in [0.5, 0.6) is 0 Å². The summed E-state index contributed by atoms with van der Waals surface area (Å²) in [7, 11) is 0. The molecule has 0 fully saturated rings. The standard InChI is InChI=1S/C14H13N3/c1-2-7-16-8-10-17-9-6-13-12(11-15)4-3-5-14(13)17/h1,3-6,9,16H,7-8,10H2. The summed E-state index contributed by atoms with van der Waals surface area (Å²) in [5.41, 5.74) is 1.81. The highest BCUT2D eigenvalue weighted by atomic mass is 15.0. The van der Waals surface area contributed by atoms with Crippen LogP contribution in [0.25, 0.3) is 10.9 Å². The van der Waals surface area contributed by atoms with Gasteiger partial charge < -0.3 is 9.88 Å². The summed E-state index contributed by atoms with van der Waals surface area (Å²) in [5, 5.41) is 13.1. The average molecular weight is 223 g/mol. The van der Waals surface area contributed by atoms with E-state index < -0.39 is 0 Å². The largest absolute Gasteiger partial charge is 0.346 e. The quantitative estimate of drug-likeness (QED) is 0.633. The number of hydrogen-bond donors (Lipinski definition) is 1. The molecule has 0 saturated heterocycles. The highest BCUT2D eigenvalue weighted by Gasteiger charge is 2.04. The van der Waals surface area contributed by atoms with E-state index in [1.807, 2.05) is 30.5 Å². The van der Waals surface area contributed by atoms with Gasteiger partial charge in [-0.3, -0.25) is 0 Å². The minimum Gasteiger partial charge on any atom is -0.346 e. The van der Waals surface area contributed by atoms with Gasteiger partial charge in [-0.15, -0.1) is 6.42 Å². The molecule has 1 heterocycles. The van der Waals surface area contributed by atoms with Gasteiger partial charge in [-0.2, -0.15) is 5.26 Å². The van der Waals surface area contributed by atoms with Crippen LogP contribution in [-0.2, 0) is 6.54 Å². The van der Waals surface area contributed by atoms with Gasteiger partial charge in [-0.1, -0.05) is 12.0 Å². The lowest BCUT2D eigenvalue weighted by Crippen LogP contribution is -2.19. The van der Waals surface area contributed by atoms with Gasteiger partial charge in [0.05, 0.1) is 18.2 Å². The average Bonchev–Trinajstić information content (AvgIpc) is 2.78. The molecule has 0 radical (unpaired) electrons. The highest BCUT2D eigenvalue weighted by molar-refractivity contribution is 5.85. The zero-order chi connectivity index (χ0) is 12.1. The van der Waals surface area contributed by atoms with Gasteiger partial charge in [0.15, 0.2) is 0 Å². The van der Waals surface area contributed by atoms with Gasteiger partial charge in [0.2, 0.25) is 0 Å². The molecule has 84 valence electrons. The number of hydrogen-bond acceptors (Lipinski definition) is 2. The zero-order valence-corrected chi connectivity index (χ0v) is 9.48. The SMILES string of the molecule is C#CCNCCn1ccc2c(C#N)cccc21. The van der Waals surface area contributed by atoms with Crippen molar-refractivity contribution in [2.45, 2.75) is 6.54 Å². The van der Waals surface area contributed by atoms with E-state index in [0.29, 0.717) is 6.54 Å². The summed E-state index contributed by atoms with van der Waals surface area (Å²) < 4.78 is 2.12. The molecule has 0 aliphatic rings. The van der Waals surface area contributed by atoms with Crippen molar-refractivity contribution in [2.24, 2.45) is 0 Å². The van der Waals surface area contributed by atoms with Gasteiger partial charge in [0, 0.05) is 30.2 Å². The summed E-state index contributed by atoms with van der Waals surface area (Å²) in [5.74, 6) is 2.54. The topological polar surface area (TPSA) is 40.8 Å². The lowest BCUT2D eigenvalue weighted by Gasteiger charge is -2.05. The number of nitriles is 1. The Bertz CT molecular complexity index is 596. The van der Waals surface area contributed by atoms with E-state index in [0.717, 1.165) is 29.6 Å². The second-order valence-corrected chi connectivity index (χ2v) is 3.74. The Morgan fingerprint density at radius 1 is 1.35 bits per heavy atom. The van der Waals surface area contributed by atoms with Gasteiger partial charge in [-0.25, -0.2) is 0 Å². The number of terminal acetylenes is 1. The number of rotatable bonds is 4. The third-order valence-electron chi connectivity index (χ3n) is 2.69. The predicted octanol–water partition coefficient (Wildman–Crippen LogP) is 1.74. The molecule has 0 amide bonds. The predicted molar refractivity (Wildman–Crippen MR) is 68.4 cm³/mol. The first-order valence-corrected chi connectivity index (χ1v) is 5.49. The van der Waals surface area contributed by atoms with E-state index in [2.05, 4.69) is 21.9 Å². The van der Waals surface area contributed by atoms with Crippen LogP contribution >= 0.6 is 0 Å². The minimum absolute atomic E-state index is 0.586. The first-order chi connectivity index (χ1) is 8.36. The summed E-state index contributed by atoms with van der Waals surface area (Å²) in [4.78, 5) is 0. The first kappa shape index (κ1) is 11.3. The van der Waals surface area contributed by atoms with Crippen molar-refractivity contribution in [2.75, 3.05) is 13.1 Å². The summed E-state index contributed by atoms with van der Waals surface area (Å²) in [6.45, 7) is 2.26. The first-order valence-electron chi connectivity index (χ1n) is 5.49. The third kappa shape index (κ3) is 2.30. The van der Waals surface area contributed by atoms with Gasteiger partial charge in [0.25, 0.3) is 0 Å². The van der Waals surface area contributed by atoms with Crippen molar-refractivity contribution in [3.8, 4) is 18.4 Å². The van der Waals surface area contributed by atoms with Gasteiger partial charge in [0.1, 0.15) is 0 Å². The third-order valence-corrected chi connectivity index (χ3v) is 2.69. The number of fused-ring (bicyclic) bond motifs is 1. The molecular formula is C14H13N3. The van der Waals surface area contributed by atoms with E-state index in [9.17, 15) is 0 Å². The van der Waals surface area contributed by atoms with Crippen molar-refractivity contribution in [3.63, 3.8) is 0 Å². The molecule has 0 atom stereocenters. The van der Waals surface area contributed by atoms with Crippen LogP contribution in [0, 0.1) is 23.7 Å². The van der Waals surface area contributed by atoms with Crippen molar-refractivity contribution < 1.29 is 0 Å². The maximum Gasteiger partial charge on any atom is 0.0998 e. The fourth-order valence-corrected chi connectivity index (χ4v) is 1.88. The van der Waals surface area contributed by atoms with Gasteiger partial charge in [-0.05, 0) is 18.2 Å². The van der Waals surface area contributed by atoms with Crippen molar-refractivity contribution in [3.05, 3.63) is 36.0 Å². The van der Waals surface area contributed by atoms with E-state index in [-0.39, 0.29) is 0 Å². The minimum atomic E-state index is 0.586. The lowest BCUT2D eigenvalue weighted by molar-refractivity contribution is 0.644. The number of nitrogens with zero attached hydrogens (tertiary/aromatic N) is 2. The van der Waals surface area contributed by atoms with Crippen LogP contribution in [0.1, 0.15) is 5.56 Å². The van der Waals surface area contributed by atoms with E-state index in [1.165, 1.54) is 0 Å². The van der Waals surface area contributed by atoms with E-state index in [4.69, 9.17) is 11.7 Å². The van der Waals surface area contributed by atoms with Crippen molar-refractivity contribution in [1.29, 1.82) is 5.26 Å².